The van der Waals surface area contributed by atoms with E-state index in [2.05, 4.69) is 21.2 Å². The van der Waals surface area contributed by atoms with Gasteiger partial charge in [-0.15, -0.1) is 0 Å². The molecule has 0 radical (unpaired) electrons. The van der Waals surface area contributed by atoms with Crippen molar-refractivity contribution in [3.63, 3.8) is 0 Å². The molecular formula is C20H19Cl4N4OP. The zero-order valence-electron chi connectivity index (χ0n) is 16.1. The maximum absolute atomic E-state index is 14.1. The van der Waals surface area contributed by atoms with Gasteiger partial charge in [-0.2, -0.15) is 10.4 Å². The predicted molar refractivity (Wildman–Crippen MR) is 130 cm³/mol. The molecule has 3 rings (SSSR count). The summed E-state index contributed by atoms with van der Waals surface area (Å²) in [6.45, 7) is 3.79. The van der Waals surface area contributed by atoms with Gasteiger partial charge in [0.15, 0.2) is 0 Å². The number of hydrogen-bond acceptors (Lipinski definition) is 3. The average Bonchev–Trinajstić information content (AvgIpc) is 2.69. The van der Waals surface area contributed by atoms with Crippen molar-refractivity contribution in [3.05, 3.63) is 85.8 Å². The third-order valence-corrected chi connectivity index (χ3v) is 7.58. The lowest BCUT2D eigenvalue weighted by atomic mass is 10.2. The molecule has 0 amide bonds. The Balaban J connectivity index is 1.96. The molecule has 10 heteroatoms. The normalized spacial score (nSPS) is 11.4. The van der Waals surface area contributed by atoms with E-state index in [9.17, 15) is 4.57 Å². The summed E-state index contributed by atoms with van der Waals surface area (Å²) in [5.41, 5.74) is 8.36. The first-order chi connectivity index (χ1) is 14.2. The first-order valence-corrected chi connectivity index (χ1v) is 12.1. The van der Waals surface area contributed by atoms with E-state index in [0.29, 0.717) is 36.8 Å². The summed E-state index contributed by atoms with van der Waals surface area (Å²) in [6, 6.07) is 15.8. The molecule has 0 heterocycles. The van der Waals surface area contributed by atoms with E-state index in [1.165, 1.54) is 0 Å². The van der Waals surface area contributed by atoms with E-state index < -0.39 is 7.44 Å². The van der Waals surface area contributed by atoms with Crippen LogP contribution in [0.15, 0.2) is 54.6 Å². The molecule has 0 atom stereocenters. The minimum atomic E-state index is -3.50. The van der Waals surface area contributed by atoms with Crippen molar-refractivity contribution in [1.29, 1.82) is 0 Å². The van der Waals surface area contributed by atoms with Gasteiger partial charge in [0.1, 0.15) is 0 Å². The van der Waals surface area contributed by atoms with Crippen LogP contribution < -0.4 is 26.5 Å². The molecule has 158 valence electrons. The van der Waals surface area contributed by atoms with E-state index in [4.69, 9.17) is 46.4 Å². The number of benzene rings is 3. The Morgan fingerprint density at radius 3 is 1.57 bits per heavy atom. The molecule has 0 aliphatic carbocycles. The van der Waals surface area contributed by atoms with Crippen molar-refractivity contribution in [2.24, 2.45) is 0 Å². The standard InChI is InChI=1S/C20H19Cl4N4OP/c1-12-9-10-13(2)18(11-12)30(29,27-25-19-14(21)5-3-6-15(19)22)28-26-20-16(23)7-4-8-17(20)24/h3-11,25-26H,1-2H3,(H2,27,28,29). The van der Waals surface area contributed by atoms with Crippen LogP contribution in [-0.2, 0) is 4.57 Å². The van der Waals surface area contributed by atoms with E-state index in [0.717, 1.165) is 11.1 Å². The first-order valence-electron chi connectivity index (χ1n) is 8.84. The number of rotatable bonds is 7. The third-order valence-electron chi connectivity index (χ3n) is 4.31. The maximum atomic E-state index is 14.1. The van der Waals surface area contributed by atoms with Gasteiger partial charge in [-0.25, -0.2) is 0 Å². The van der Waals surface area contributed by atoms with Gasteiger partial charge in [-0.05, 0) is 49.7 Å². The van der Waals surface area contributed by atoms with E-state index >= 15 is 0 Å². The quantitative estimate of drug-likeness (QED) is 0.207. The summed E-state index contributed by atoms with van der Waals surface area (Å²) in [5.74, 6) is 0. The topological polar surface area (TPSA) is 65.2 Å². The number of hydrogen-bond donors (Lipinski definition) is 4. The fourth-order valence-electron chi connectivity index (χ4n) is 2.71. The lowest BCUT2D eigenvalue weighted by molar-refractivity contribution is 0.569. The van der Waals surface area contributed by atoms with Crippen LogP contribution in [0.5, 0.6) is 0 Å². The summed E-state index contributed by atoms with van der Waals surface area (Å²) >= 11 is 24.9. The highest BCUT2D eigenvalue weighted by molar-refractivity contribution is 7.68. The fraction of sp³-hybridized carbons (Fsp3) is 0.100. The molecule has 0 aromatic heterocycles. The van der Waals surface area contributed by atoms with Crippen LogP contribution in [0.1, 0.15) is 11.1 Å². The van der Waals surface area contributed by atoms with Gasteiger partial charge in [-0.3, -0.25) is 4.57 Å². The summed E-state index contributed by atoms with van der Waals surface area (Å²) in [4.78, 5) is 0. The first kappa shape index (κ1) is 23.2. The van der Waals surface area contributed by atoms with Crippen molar-refractivity contribution in [2.75, 3.05) is 10.9 Å². The zero-order chi connectivity index (χ0) is 21.9. The van der Waals surface area contributed by atoms with Gasteiger partial charge in [0.05, 0.1) is 31.5 Å². The number of nitrogens with one attached hydrogen (secondary N) is 4. The van der Waals surface area contributed by atoms with Crippen LogP contribution >= 0.6 is 53.8 Å². The van der Waals surface area contributed by atoms with Gasteiger partial charge < -0.3 is 10.9 Å². The monoisotopic (exact) mass is 502 g/mol. The summed E-state index contributed by atoms with van der Waals surface area (Å²) < 4.78 is 14.1. The van der Waals surface area contributed by atoms with E-state index in [1.54, 1.807) is 36.4 Å². The highest BCUT2D eigenvalue weighted by Gasteiger charge is 2.28. The second-order valence-corrected chi connectivity index (χ2v) is 10.3. The molecule has 0 fully saturated rings. The Morgan fingerprint density at radius 1 is 0.700 bits per heavy atom. The van der Waals surface area contributed by atoms with Crippen molar-refractivity contribution in [1.82, 2.24) is 10.4 Å². The lowest BCUT2D eigenvalue weighted by Crippen LogP contribution is -2.37. The second-order valence-electron chi connectivity index (χ2n) is 6.57. The average molecular weight is 504 g/mol. The van der Waals surface area contributed by atoms with Gasteiger partial charge in [-0.1, -0.05) is 76.2 Å². The Morgan fingerprint density at radius 2 is 1.13 bits per heavy atom. The Kier molecular flexibility index (Phi) is 7.59. The molecule has 3 aromatic carbocycles. The summed E-state index contributed by atoms with van der Waals surface area (Å²) in [7, 11) is -3.50. The molecule has 5 nitrogen and oxygen atoms in total. The van der Waals surface area contributed by atoms with Gasteiger partial charge >= 0.3 is 0 Å². The molecule has 0 saturated carbocycles. The van der Waals surface area contributed by atoms with Crippen LogP contribution in [-0.4, -0.2) is 0 Å². The van der Waals surface area contributed by atoms with E-state index in [-0.39, 0.29) is 0 Å². The van der Waals surface area contributed by atoms with Crippen LogP contribution in [0, 0.1) is 13.8 Å². The van der Waals surface area contributed by atoms with Crippen molar-refractivity contribution in [3.8, 4) is 0 Å². The molecule has 0 aliphatic heterocycles. The Hall–Kier alpha value is -1.43. The van der Waals surface area contributed by atoms with Crippen LogP contribution in [0.3, 0.4) is 0 Å². The molecule has 4 N–H and O–H groups in total. The Bertz CT molecular complexity index is 1030. The number of hydrazine groups is 2. The minimum Gasteiger partial charge on any atom is -0.311 e. The maximum Gasteiger partial charge on any atom is 0.275 e. The smallest absolute Gasteiger partial charge is 0.275 e. The van der Waals surface area contributed by atoms with Gasteiger partial charge in [0.2, 0.25) is 0 Å². The molecule has 0 saturated heterocycles. The molecule has 0 bridgehead atoms. The predicted octanol–water partition coefficient (Wildman–Crippen LogP) is 6.97. The van der Waals surface area contributed by atoms with Gasteiger partial charge in [0.25, 0.3) is 7.44 Å². The lowest BCUT2D eigenvalue weighted by Gasteiger charge is -2.25. The zero-order valence-corrected chi connectivity index (χ0v) is 20.0. The molecule has 0 unspecified atom stereocenters. The highest BCUT2D eigenvalue weighted by atomic mass is 35.5. The van der Waals surface area contributed by atoms with E-state index in [1.807, 2.05) is 32.0 Å². The number of anilines is 2. The molecule has 3 aromatic rings. The Labute approximate surface area is 195 Å². The van der Waals surface area contributed by atoms with Crippen molar-refractivity contribution < 1.29 is 4.57 Å². The molecule has 30 heavy (non-hydrogen) atoms. The largest absolute Gasteiger partial charge is 0.311 e. The highest BCUT2D eigenvalue weighted by Crippen LogP contribution is 2.39. The number of aryl methyl sites for hydroxylation is 2. The van der Waals surface area contributed by atoms with Crippen LogP contribution in [0.25, 0.3) is 0 Å². The third kappa shape index (κ3) is 5.24. The van der Waals surface area contributed by atoms with Gasteiger partial charge in [0, 0.05) is 5.30 Å². The fourth-order valence-corrected chi connectivity index (χ4v) is 5.49. The van der Waals surface area contributed by atoms with Crippen molar-refractivity contribution in [2.45, 2.75) is 13.8 Å². The molecule has 0 spiro atoms. The van der Waals surface area contributed by atoms with Crippen LogP contribution in [0.2, 0.25) is 20.1 Å². The number of para-hydroxylation sites is 2. The van der Waals surface area contributed by atoms with Crippen molar-refractivity contribution >= 4 is 70.5 Å². The molecule has 0 aliphatic rings. The number of halogens is 4. The SMILES string of the molecule is Cc1ccc(C)c(P(=O)(NNc2c(Cl)cccc2Cl)NNc2c(Cl)cccc2Cl)c1. The summed E-state index contributed by atoms with van der Waals surface area (Å²) in [5, 5.41) is 7.81. The second kappa shape index (κ2) is 9.80. The molecular weight excluding hydrogens is 485 g/mol. The summed E-state index contributed by atoms with van der Waals surface area (Å²) in [6.07, 6.45) is 0. The minimum absolute atomic E-state index is 0.379. The van der Waals surface area contributed by atoms with Crippen LogP contribution in [0.4, 0.5) is 11.4 Å².